The van der Waals surface area contributed by atoms with E-state index in [1.807, 2.05) is 36.4 Å². The zero-order valence-electron chi connectivity index (χ0n) is 16.1. The molecule has 4 aromatic rings. The third-order valence-corrected chi connectivity index (χ3v) is 4.47. The Labute approximate surface area is 167 Å². The first-order chi connectivity index (χ1) is 14.0. The van der Waals surface area contributed by atoms with E-state index in [1.54, 1.807) is 42.1 Å². The average molecular weight is 389 g/mol. The van der Waals surface area contributed by atoms with Crippen LogP contribution in [0.2, 0.25) is 0 Å². The fourth-order valence-corrected chi connectivity index (χ4v) is 3.18. The van der Waals surface area contributed by atoms with Gasteiger partial charge < -0.3 is 0 Å². The molecule has 7 heteroatoms. The Hall–Kier alpha value is -3.58. The van der Waals surface area contributed by atoms with Gasteiger partial charge in [0.2, 0.25) is 0 Å². The number of nitrogens with one attached hydrogen (secondary N) is 1. The van der Waals surface area contributed by atoms with Crippen molar-refractivity contribution in [3.05, 3.63) is 83.8 Å². The molecule has 0 saturated heterocycles. The fraction of sp³-hybridized carbons (Fsp3) is 0.136. The van der Waals surface area contributed by atoms with E-state index in [9.17, 15) is 9.18 Å². The SMILES string of the molecule is CN(C)NC(=O)c1cc(-c2ccccc2)nc2c1cnn2Cc1cccc(F)c1. The van der Waals surface area contributed by atoms with Crippen LogP contribution < -0.4 is 5.43 Å². The van der Waals surface area contributed by atoms with Gasteiger partial charge in [-0.3, -0.25) is 10.2 Å². The number of halogens is 1. The van der Waals surface area contributed by atoms with E-state index in [4.69, 9.17) is 4.98 Å². The molecule has 4 rings (SSSR count). The summed E-state index contributed by atoms with van der Waals surface area (Å²) in [6, 6.07) is 17.8. The molecule has 2 heterocycles. The van der Waals surface area contributed by atoms with Crippen LogP contribution in [0, 0.1) is 5.82 Å². The van der Waals surface area contributed by atoms with E-state index in [-0.39, 0.29) is 11.7 Å². The highest BCUT2D eigenvalue weighted by Gasteiger charge is 2.18. The van der Waals surface area contributed by atoms with Gasteiger partial charge in [-0.2, -0.15) is 5.10 Å². The van der Waals surface area contributed by atoms with Gasteiger partial charge in [0.1, 0.15) is 5.82 Å². The van der Waals surface area contributed by atoms with E-state index in [0.717, 1.165) is 11.1 Å². The molecule has 0 atom stereocenters. The zero-order chi connectivity index (χ0) is 20.4. The van der Waals surface area contributed by atoms with Crippen LogP contribution in [-0.4, -0.2) is 39.8 Å². The normalized spacial score (nSPS) is 11.2. The fourth-order valence-electron chi connectivity index (χ4n) is 3.18. The first-order valence-corrected chi connectivity index (χ1v) is 9.16. The van der Waals surface area contributed by atoms with Crippen LogP contribution >= 0.6 is 0 Å². The minimum atomic E-state index is -0.303. The summed E-state index contributed by atoms with van der Waals surface area (Å²) in [4.78, 5) is 17.6. The molecule has 0 aliphatic carbocycles. The number of hydrazine groups is 1. The largest absolute Gasteiger partial charge is 0.285 e. The van der Waals surface area contributed by atoms with Crippen LogP contribution in [0.3, 0.4) is 0 Å². The van der Waals surface area contributed by atoms with E-state index in [0.29, 0.717) is 28.8 Å². The Kier molecular flexibility index (Phi) is 5.05. The van der Waals surface area contributed by atoms with Crippen LogP contribution in [0.5, 0.6) is 0 Å². The summed E-state index contributed by atoms with van der Waals surface area (Å²) in [7, 11) is 3.50. The summed E-state index contributed by atoms with van der Waals surface area (Å²) in [6.45, 7) is 0.348. The Balaban J connectivity index is 1.85. The third-order valence-electron chi connectivity index (χ3n) is 4.47. The average Bonchev–Trinajstić information content (AvgIpc) is 3.10. The van der Waals surface area contributed by atoms with Crippen molar-refractivity contribution >= 4 is 16.9 Å². The molecule has 0 aliphatic rings. The Bertz CT molecular complexity index is 1170. The van der Waals surface area contributed by atoms with Gasteiger partial charge in [0.15, 0.2) is 5.65 Å². The minimum absolute atomic E-state index is 0.245. The van der Waals surface area contributed by atoms with Gasteiger partial charge in [-0.15, -0.1) is 0 Å². The van der Waals surface area contributed by atoms with Crippen molar-refractivity contribution in [3.63, 3.8) is 0 Å². The lowest BCUT2D eigenvalue weighted by atomic mass is 10.1. The number of carbonyl (C=O) groups excluding carboxylic acids is 1. The molecule has 0 aliphatic heterocycles. The number of nitrogens with zero attached hydrogens (tertiary/aromatic N) is 4. The van der Waals surface area contributed by atoms with Crippen LogP contribution in [0.4, 0.5) is 4.39 Å². The molecule has 0 fully saturated rings. The number of amides is 1. The molecule has 0 saturated carbocycles. The van der Waals surface area contributed by atoms with Crippen LogP contribution in [-0.2, 0) is 6.54 Å². The molecule has 146 valence electrons. The Morgan fingerprint density at radius 2 is 1.90 bits per heavy atom. The van der Waals surface area contributed by atoms with Crippen molar-refractivity contribution in [2.75, 3.05) is 14.1 Å². The highest BCUT2D eigenvalue weighted by atomic mass is 19.1. The van der Waals surface area contributed by atoms with Crippen LogP contribution in [0.1, 0.15) is 15.9 Å². The quantitative estimate of drug-likeness (QED) is 0.531. The number of carbonyl (C=O) groups is 1. The molecule has 0 radical (unpaired) electrons. The molecular weight excluding hydrogens is 369 g/mol. The van der Waals surface area contributed by atoms with E-state index >= 15 is 0 Å². The van der Waals surface area contributed by atoms with E-state index < -0.39 is 0 Å². The van der Waals surface area contributed by atoms with Gasteiger partial charge in [-0.1, -0.05) is 42.5 Å². The lowest BCUT2D eigenvalue weighted by Gasteiger charge is -2.13. The van der Waals surface area contributed by atoms with Crippen molar-refractivity contribution in [1.82, 2.24) is 25.2 Å². The number of pyridine rings is 1. The number of rotatable bonds is 5. The molecule has 1 amide bonds. The molecule has 2 aromatic carbocycles. The number of hydrogen-bond donors (Lipinski definition) is 1. The molecular formula is C22H20FN5O. The van der Waals surface area contributed by atoms with Crippen molar-refractivity contribution in [2.24, 2.45) is 0 Å². The molecule has 2 aromatic heterocycles. The molecule has 0 bridgehead atoms. The minimum Gasteiger partial charge on any atom is -0.285 e. The summed E-state index contributed by atoms with van der Waals surface area (Å²) in [5.41, 5.74) is 6.15. The lowest BCUT2D eigenvalue weighted by Crippen LogP contribution is -2.36. The topological polar surface area (TPSA) is 63.1 Å². The zero-order valence-corrected chi connectivity index (χ0v) is 16.1. The second kappa shape index (κ2) is 7.81. The molecule has 1 N–H and O–H groups in total. The summed E-state index contributed by atoms with van der Waals surface area (Å²) in [5, 5.41) is 6.65. The first-order valence-electron chi connectivity index (χ1n) is 9.16. The van der Waals surface area contributed by atoms with Crippen molar-refractivity contribution in [3.8, 4) is 11.3 Å². The Morgan fingerprint density at radius 3 is 2.62 bits per heavy atom. The van der Waals surface area contributed by atoms with Crippen LogP contribution in [0.25, 0.3) is 22.3 Å². The summed E-state index contributed by atoms with van der Waals surface area (Å²) in [6.07, 6.45) is 1.63. The summed E-state index contributed by atoms with van der Waals surface area (Å²) >= 11 is 0. The van der Waals surface area contributed by atoms with Gasteiger partial charge in [0.25, 0.3) is 5.91 Å². The van der Waals surface area contributed by atoms with E-state index in [2.05, 4.69) is 10.5 Å². The molecule has 0 unspecified atom stereocenters. The second-order valence-corrected chi connectivity index (χ2v) is 6.93. The molecule has 0 spiro atoms. The van der Waals surface area contributed by atoms with E-state index in [1.165, 1.54) is 12.1 Å². The maximum Gasteiger partial charge on any atom is 0.266 e. The standard InChI is InChI=1S/C22H20FN5O/c1-27(2)26-22(29)18-12-20(16-8-4-3-5-9-16)25-21-19(18)13-24-28(21)14-15-7-6-10-17(23)11-15/h3-13H,14H2,1-2H3,(H,26,29). The maximum atomic E-state index is 13.6. The van der Waals surface area contributed by atoms with Gasteiger partial charge in [-0.25, -0.2) is 19.1 Å². The predicted octanol–water partition coefficient (Wildman–Crippen LogP) is 3.49. The summed E-state index contributed by atoms with van der Waals surface area (Å²) in [5.74, 6) is -0.548. The number of fused-ring (bicyclic) bond motifs is 1. The van der Waals surface area contributed by atoms with Gasteiger partial charge >= 0.3 is 0 Å². The van der Waals surface area contributed by atoms with Crippen LogP contribution in [0.15, 0.2) is 66.9 Å². The first kappa shape index (κ1) is 18.8. The number of hydrogen-bond acceptors (Lipinski definition) is 4. The highest BCUT2D eigenvalue weighted by Crippen LogP contribution is 2.25. The molecule has 29 heavy (non-hydrogen) atoms. The second-order valence-electron chi connectivity index (χ2n) is 6.93. The smallest absolute Gasteiger partial charge is 0.266 e. The summed E-state index contributed by atoms with van der Waals surface area (Å²) < 4.78 is 15.3. The van der Waals surface area contributed by atoms with Crippen molar-refractivity contribution in [2.45, 2.75) is 6.54 Å². The third kappa shape index (κ3) is 4.00. The van der Waals surface area contributed by atoms with Gasteiger partial charge in [0, 0.05) is 19.7 Å². The van der Waals surface area contributed by atoms with Gasteiger partial charge in [-0.05, 0) is 23.8 Å². The maximum absolute atomic E-state index is 13.6. The highest BCUT2D eigenvalue weighted by molar-refractivity contribution is 6.06. The lowest BCUT2D eigenvalue weighted by molar-refractivity contribution is 0.0858. The number of aromatic nitrogens is 3. The Morgan fingerprint density at radius 1 is 1.10 bits per heavy atom. The van der Waals surface area contributed by atoms with Crippen molar-refractivity contribution in [1.29, 1.82) is 0 Å². The van der Waals surface area contributed by atoms with Crippen molar-refractivity contribution < 1.29 is 9.18 Å². The monoisotopic (exact) mass is 389 g/mol. The van der Waals surface area contributed by atoms with Gasteiger partial charge in [0.05, 0.1) is 29.4 Å². The number of benzene rings is 2. The predicted molar refractivity (Wildman–Crippen MR) is 110 cm³/mol. The molecule has 6 nitrogen and oxygen atoms in total.